The molecule has 0 aliphatic rings. The van der Waals surface area contributed by atoms with Crippen LogP contribution in [0.25, 0.3) is 22.3 Å². The van der Waals surface area contributed by atoms with Crippen molar-refractivity contribution in [3.63, 3.8) is 0 Å². The maximum Gasteiger partial charge on any atom is 0.123 e. The number of benzene rings is 2. The molecular weight excluding hydrogens is 301 g/mol. The molecule has 4 heteroatoms. The van der Waals surface area contributed by atoms with E-state index in [2.05, 4.69) is 15.6 Å². The Hall–Kier alpha value is -3.01. The Morgan fingerprint density at radius 1 is 0.875 bits per heavy atom. The fourth-order valence-electron chi connectivity index (χ4n) is 2.79. The van der Waals surface area contributed by atoms with Crippen LogP contribution in [0.2, 0.25) is 0 Å². The number of imidazole rings is 1. The van der Waals surface area contributed by atoms with Crippen LogP contribution in [-0.4, -0.2) is 14.5 Å². The third-order valence-corrected chi connectivity index (χ3v) is 4.10. The predicted octanol–water partition coefficient (Wildman–Crippen LogP) is 4.59. The minimum atomic E-state index is -0.220. The summed E-state index contributed by atoms with van der Waals surface area (Å²) < 4.78 is 15.1. The number of hydrogen-bond acceptors (Lipinski definition) is 2. The molecule has 4 rings (SSSR count). The van der Waals surface area contributed by atoms with Crippen LogP contribution in [-0.2, 0) is 6.54 Å². The number of rotatable bonds is 3. The summed E-state index contributed by atoms with van der Waals surface area (Å²) in [7, 11) is 0. The van der Waals surface area contributed by atoms with Crippen LogP contribution in [0, 0.1) is 12.7 Å². The van der Waals surface area contributed by atoms with Crippen LogP contribution in [0.15, 0.2) is 66.9 Å². The lowest BCUT2D eigenvalue weighted by Crippen LogP contribution is -2.00. The molecule has 0 saturated heterocycles. The molecular formula is C20H16FN3. The third-order valence-electron chi connectivity index (χ3n) is 4.10. The van der Waals surface area contributed by atoms with Gasteiger partial charge in [-0.15, -0.1) is 0 Å². The molecule has 0 atom stereocenters. The van der Waals surface area contributed by atoms with Gasteiger partial charge in [-0.1, -0.05) is 36.4 Å². The number of halogens is 1. The van der Waals surface area contributed by atoms with Gasteiger partial charge in [0.25, 0.3) is 0 Å². The minimum Gasteiger partial charge on any atom is -0.330 e. The average Bonchev–Trinajstić information content (AvgIpc) is 2.97. The number of fused-ring (bicyclic) bond motifs is 1. The standard InChI is InChI=1S/C20H16FN3/c1-14-22-20(13-24(14)12-15-6-9-17(21)10-7-15)19-11-8-16-4-2-3-5-18(16)23-19/h2-11,13H,12H2,1H3. The van der Waals surface area contributed by atoms with Gasteiger partial charge in [-0.25, -0.2) is 14.4 Å². The van der Waals surface area contributed by atoms with E-state index in [4.69, 9.17) is 4.98 Å². The molecule has 0 fully saturated rings. The highest BCUT2D eigenvalue weighted by molar-refractivity contribution is 5.80. The van der Waals surface area contributed by atoms with Gasteiger partial charge in [-0.2, -0.15) is 0 Å². The van der Waals surface area contributed by atoms with Crippen molar-refractivity contribution in [2.45, 2.75) is 13.5 Å². The second-order valence-electron chi connectivity index (χ2n) is 5.82. The van der Waals surface area contributed by atoms with Gasteiger partial charge < -0.3 is 4.57 Å². The van der Waals surface area contributed by atoms with Crippen LogP contribution in [0.3, 0.4) is 0 Å². The normalized spacial score (nSPS) is 11.1. The summed E-state index contributed by atoms with van der Waals surface area (Å²) in [6.45, 7) is 2.63. The second kappa shape index (κ2) is 5.89. The van der Waals surface area contributed by atoms with Crippen molar-refractivity contribution in [1.29, 1.82) is 0 Å². The lowest BCUT2D eigenvalue weighted by atomic mass is 10.2. The zero-order valence-corrected chi connectivity index (χ0v) is 13.3. The van der Waals surface area contributed by atoms with Crippen LogP contribution in [0.4, 0.5) is 4.39 Å². The summed E-state index contributed by atoms with van der Waals surface area (Å²) in [6.07, 6.45) is 2.00. The van der Waals surface area contributed by atoms with Gasteiger partial charge in [-0.3, -0.25) is 0 Å². The predicted molar refractivity (Wildman–Crippen MR) is 93.2 cm³/mol. The molecule has 2 heterocycles. The SMILES string of the molecule is Cc1nc(-c2ccc3ccccc3n2)cn1Cc1ccc(F)cc1. The number of aromatic nitrogens is 3. The molecule has 2 aromatic carbocycles. The fourth-order valence-corrected chi connectivity index (χ4v) is 2.79. The Balaban J connectivity index is 1.67. The Morgan fingerprint density at radius 2 is 1.67 bits per heavy atom. The Labute approximate surface area is 139 Å². The molecule has 0 radical (unpaired) electrons. The summed E-state index contributed by atoms with van der Waals surface area (Å²) in [4.78, 5) is 9.32. The van der Waals surface area contributed by atoms with Crippen molar-refractivity contribution in [3.05, 3.63) is 84.1 Å². The molecule has 2 aromatic heterocycles. The van der Waals surface area contributed by atoms with E-state index in [0.29, 0.717) is 6.54 Å². The quantitative estimate of drug-likeness (QED) is 0.553. The number of hydrogen-bond donors (Lipinski definition) is 0. The molecule has 0 aliphatic carbocycles. The highest BCUT2D eigenvalue weighted by atomic mass is 19.1. The van der Waals surface area contributed by atoms with Crippen molar-refractivity contribution < 1.29 is 4.39 Å². The Kier molecular flexibility index (Phi) is 3.58. The average molecular weight is 317 g/mol. The summed E-state index contributed by atoms with van der Waals surface area (Å²) in [5, 5.41) is 1.11. The number of pyridine rings is 1. The monoisotopic (exact) mass is 317 g/mol. The molecule has 0 saturated carbocycles. The highest BCUT2D eigenvalue weighted by Crippen LogP contribution is 2.21. The first-order chi connectivity index (χ1) is 11.7. The smallest absolute Gasteiger partial charge is 0.123 e. The van der Waals surface area contributed by atoms with Crippen LogP contribution in [0.1, 0.15) is 11.4 Å². The number of para-hydroxylation sites is 1. The van der Waals surface area contributed by atoms with Gasteiger partial charge in [-0.05, 0) is 36.8 Å². The molecule has 0 amide bonds. The van der Waals surface area contributed by atoms with Gasteiger partial charge in [0.2, 0.25) is 0 Å². The molecule has 0 unspecified atom stereocenters. The van der Waals surface area contributed by atoms with Crippen LogP contribution < -0.4 is 0 Å². The van der Waals surface area contributed by atoms with Gasteiger partial charge in [0.15, 0.2) is 0 Å². The van der Waals surface area contributed by atoms with Crippen molar-refractivity contribution in [1.82, 2.24) is 14.5 Å². The Bertz CT molecular complexity index is 1000. The van der Waals surface area contributed by atoms with Gasteiger partial charge >= 0.3 is 0 Å². The van der Waals surface area contributed by atoms with E-state index >= 15 is 0 Å². The maximum absolute atomic E-state index is 13.0. The van der Waals surface area contributed by atoms with E-state index in [0.717, 1.165) is 33.7 Å². The first-order valence-corrected chi connectivity index (χ1v) is 7.83. The van der Waals surface area contributed by atoms with Crippen LogP contribution in [0.5, 0.6) is 0 Å². The summed E-state index contributed by atoms with van der Waals surface area (Å²) >= 11 is 0. The van der Waals surface area contributed by atoms with Crippen LogP contribution >= 0.6 is 0 Å². The lowest BCUT2D eigenvalue weighted by Gasteiger charge is -2.04. The molecule has 0 bridgehead atoms. The molecule has 24 heavy (non-hydrogen) atoms. The van der Waals surface area contributed by atoms with E-state index in [1.165, 1.54) is 12.1 Å². The van der Waals surface area contributed by atoms with E-state index in [9.17, 15) is 4.39 Å². The summed E-state index contributed by atoms with van der Waals surface area (Å²) in [5.41, 5.74) is 3.70. The second-order valence-corrected chi connectivity index (χ2v) is 5.82. The first-order valence-electron chi connectivity index (χ1n) is 7.83. The third kappa shape index (κ3) is 2.78. The minimum absolute atomic E-state index is 0.220. The molecule has 4 aromatic rings. The van der Waals surface area contributed by atoms with E-state index in [-0.39, 0.29) is 5.82 Å². The number of nitrogens with zero attached hydrogens (tertiary/aromatic N) is 3. The molecule has 0 N–H and O–H groups in total. The van der Waals surface area contributed by atoms with Crippen molar-refractivity contribution in [3.8, 4) is 11.4 Å². The van der Waals surface area contributed by atoms with E-state index in [1.807, 2.05) is 43.5 Å². The summed E-state index contributed by atoms with van der Waals surface area (Å²) in [5.74, 6) is 0.687. The van der Waals surface area contributed by atoms with E-state index in [1.54, 1.807) is 12.1 Å². The number of aryl methyl sites for hydroxylation is 1. The maximum atomic E-state index is 13.0. The van der Waals surface area contributed by atoms with Gasteiger partial charge in [0.1, 0.15) is 17.3 Å². The zero-order chi connectivity index (χ0) is 16.5. The highest BCUT2D eigenvalue weighted by Gasteiger charge is 2.09. The summed E-state index contributed by atoms with van der Waals surface area (Å²) in [6, 6.07) is 18.6. The Morgan fingerprint density at radius 3 is 2.50 bits per heavy atom. The van der Waals surface area contributed by atoms with Crippen molar-refractivity contribution in [2.24, 2.45) is 0 Å². The molecule has 118 valence electrons. The van der Waals surface area contributed by atoms with E-state index < -0.39 is 0 Å². The van der Waals surface area contributed by atoms with Gasteiger partial charge in [0, 0.05) is 18.1 Å². The first kappa shape index (κ1) is 14.6. The topological polar surface area (TPSA) is 30.7 Å². The molecule has 0 aliphatic heterocycles. The van der Waals surface area contributed by atoms with Crippen molar-refractivity contribution >= 4 is 10.9 Å². The molecule has 0 spiro atoms. The molecule has 3 nitrogen and oxygen atoms in total. The largest absolute Gasteiger partial charge is 0.330 e. The van der Waals surface area contributed by atoms with Gasteiger partial charge in [0.05, 0.1) is 11.2 Å². The lowest BCUT2D eigenvalue weighted by molar-refractivity contribution is 0.626. The fraction of sp³-hybridized carbons (Fsp3) is 0.100. The zero-order valence-electron chi connectivity index (χ0n) is 13.3. The van der Waals surface area contributed by atoms with Crippen molar-refractivity contribution in [2.75, 3.05) is 0 Å².